The molecule has 33 heavy (non-hydrogen) atoms. The van der Waals surface area contributed by atoms with Gasteiger partial charge in [0.1, 0.15) is 12.4 Å². The Hall–Kier alpha value is -2.78. The van der Waals surface area contributed by atoms with E-state index in [2.05, 4.69) is 46.2 Å². The van der Waals surface area contributed by atoms with Gasteiger partial charge in [0, 0.05) is 41.1 Å². The minimum absolute atomic E-state index is 0. The molecule has 0 amide bonds. The third kappa shape index (κ3) is 6.39. The second-order valence-corrected chi connectivity index (χ2v) is 9.70. The third-order valence-electron chi connectivity index (χ3n) is 5.19. The monoisotopic (exact) mass is 489 g/mol. The van der Waals surface area contributed by atoms with Gasteiger partial charge in [0.15, 0.2) is 0 Å². The molecule has 0 spiro atoms. The molecule has 4 N–H and O–H groups in total. The molecule has 0 aliphatic heterocycles. The number of benzene rings is 3. The molecule has 0 radical (unpaired) electrons. The van der Waals surface area contributed by atoms with E-state index in [0.717, 1.165) is 23.0 Å². The summed E-state index contributed by atoms with van der Waals surface area (Å²) in [5.41, 5.74) is 4.42. The molecule has 0 bridgehead atoms. The normalized spacial score (nSPS) is 12.5. The van der Waals surface area contributed by atoms with Crippen molar-refractivity contribution in [3.8, 4) is 5.75 Å². The molecule has 1 heterocycles. The van der Waals surface area contributed by atoms with Gasteiger partial charge in [0.05, 0.1) is 17.9 Å². The number of ether oxygens (including phenoxy) is 1. The summed E-state index contributed by atoms with van der Waals surface area (Å²) in [5.74, 6) is 0.780. The van der Waals surface area contributed by atoms with Crippen LogP contribution in [0.2, 0.25) is 0 Å². The minimum Gasteiger partial charge on any atom is -0.492 e. The molecule has 0 unspecified atom stereocenters. The zero-order valence-electron chi connectivity index (χ0n) is 18.5. The summed E-state index contributed by atoms with van der Waals surface area (Å²) in [5, 5.41) is 15.9. The summed E-state index contributed by atoms with van der Waals surface area (Å²) >= 11 is 0. The van der Waals surface area contributed by atoms with E-state index in [9.17, 15) is 13.5 Å². The fraction of sp³-hybridized carbons (Fsp3) is 0.250. The van der Waals surface area contributed by atoms with Gasteiger partial charge in [-0.3, -0.25) is 4.72 Å². The maximum absolute atomic E-state index is 11.4. The number of halogens is 1. The van der Waals surface area contributed by atoms with E-state index in [4.69, 9.17) is 4.74 Å². The molecule has 1 aromatic heterocycles. The molecule has 176 valence electrons. The number of fused-ring (bicyclic) bond motifs is 3. The maximum Gasteiger partial charge on any atom is 0.229 e. The van der Waals surface area contributed by atoms with Crippen molar-refractivity contribution >= 4 is 49.9 Å². The highest BCUT2D eigenvalue weighted by Gasteiger charge is 2.10. The van der Waals surface area contributed by atoms with Crippen molar-refractivity contribution in [1.29, 1.82) is 0 Å². The predicted molar refractivity (Wildman–Crippen MR) is 136 cm³/mol. The number of aliphatic hydroxyl groups is 1. The number of aliphatic hydroxyl groups excluding tert-OH is 1. The van der Waals surface area contributed by atoms with Gasteiger partial charge < -0.3 is 20.1 Å². The highest BCUT2D eigenvalue weighted by Crippen LogP contribution is 2.28. The van der Waals surface area contributed by atoms with E-state index in [1.54, 1.807) is 24.3 Å². The summed E-state index contributed by atoms with van der Waals surface area (Å²) in [6.07, 6.45) is 0.330. The van der Waals surface area contributed by atoms with Crippen LogP contribution in [0.1, 0.15) is 17.2 Å². The van der Waals surface area contributed by atoms with E-state index in [1.165, 1.54) is 16.3 Å². The van der Waals surface area contributed by atoms with Gasteiger partial charge in [0.2, 0.25) is 10.0 Å². The predicted octanol–water partition coefficient (Wildman–Crippen LogP) is 4.12. The minimum atomic E-state index is -3.36. The second kappa shape index (κ2) is 10.4. The number of aromatic amines is 1. The molecule has 3 aromatic carbocycles. The van der Waals surface area contributed by atoms with Gasteiger partial charge in [-0.05, 0) is 48.4 Å². The summed E-state index contributed by atoms with van der Waals surface area (Å²) in [4.78, 5) is 3.44. The average Bonchev–Trinajstić information content (AvgIpc) is 3.08. The van der Waals surface area contributed by atoms with E-state index in [0.29, 0.717) is 30.9 Å². The molecule has 1 atom stereocenters. The van der Waals surface area contributed by atoms with E-state index >= 15 is 0 Å². The lowest BCUT2D eigenvalue weighted by Crippen LogP contribution is -2.26. The number of aryl methyl sites for hydroxylation is 1. The van der Waals surface area contributed by atoms with Crippen molar-refractivity contribution < 1.29 is 18.3 Å². The molecular formula is C24H28ClN3O4S. The number of rotatable bonds is 9. The SMILES string of the molecule is Cc1ccc2c(c1)[nH]c1cc(OCCNC[C@H](O)c3cccc(NS(C)(=O)=O)c3)ccc12.Cl. The number of H-pyrrole nitrogens is 1. The standard InChI is InChI=1S/C24H27N3O4S.ClH/c1-16-6-8-20-21-9-7-19(14-23(21)26-22(20)12-16)31-11-10-25-15-24(28)17-4-3-5-18(13-17)27-32(2,29)30;/h3-9,12-14,24-28H,10-11,15H2,1-2H3;1H/t24-;/m0./s1. The summed E-state index contributed by atoms with van der Waals surface area (Å²) in [7, 11) is -3.36. The lowest BCUT2D eigenvalue weighted by Gasteiger charge is -2.14. The Morgan fingerprint density at radius 2 is 1.76 bits per heavy atom. The van der Waals surface area contributed by atoms with Crippen molar-refractivity contribution in [3.63, 3.8) is 0 Å². The average molecular weight is 490 g/mol. The zero-order valence-corrected chi connectivity index (χ0v) is 20.1. The van der Waals surface area contributed by atoms with Crippen LogP contribution in [0.5, 0.6) is 5.75 Å². The number of hydrogen-bond acceptors (Lipinski definition) is 5. The molecule has 0 saturated heterocycles. The third-order valence-corrected chi connectivity index (χ3v) is 5.79. The summed E-state index contributed by atoms with van der Waals surface area (Å²) in [6, 6.07) is 19.1. The molecule has 4 aromatic rings. The number of hydrogen-bond donors (Lipinski definition) is 4. The fourth-order valence-electron chi connectivity index (χ4n) is 3.71. The van der Waals surface area contributed by atoms with Crippen LogP contribution < -0.4 is 14.8 Å². The van der Waals surface area contributed by atoms with E-state index in [1.807, 2.05) is 12.1 Å². The first-order valence-corrected chi connectivity index (χ1v) is 12.3. The van der Waals surface area contributed by atoms with Gasteiger partial charge in [0.25, 0.3) is 0 Å². The van der Waals surface area contributed by atoms with Crippen molar-refractivity contribution in [2.75, 3.05) is 30.7 Å². The molecule has 9 heteroatoms. The van der Waals surface area contributed by atoms with Gasteiger partial charge in [-0.1, -0.05) is 24.3 Å². The Morgan fingerprint density at radius 1 is 1.03 bits per heavy atom. The van der Waals surface area contributed by atoms with Crippen LogP contribution in [0.15, 0.2) is 60.7 Å². The molecule has 0 aliphatic carbocycles. The number of aromatic nitrogens is 1. The molecule has 0 aliphatic rings. The quantitative estimate of drug-likeness (QED) is 0.265. The summed E-state index contributed by atoms with van der Waals surface area (Å²) < 4.78 is 31.0. The Morgan fingerprint density at radius 3 is 2.52 bits per heavy atom. The molecule has 4 rings (SSSR count). The van der Waals surface area contributed by atoms with Crippen molar-refractivity contribution in [3.05, 3.63) is 71.8 Å². The maximum atomic E-state index is 11.4. The van der Waals surface area contributed by atoms with Crippen LogP contribution in [0.25, 0.3) is 21.8 Å². The van der Waals surface area contributed by atoms with Crippen LogP contribution in [0.4, 0.5) is 5.69 Å². The highest BCUT2D eigenvalue weighted by atomic mass is 35.5. The molecule has 7 nitrogen and oxygen atoms in total. The van der Waals surface area contributed by atoms with Crippen LogP contribution in [-0.2, 0) is 10.0 Å². The van der Waals surface area contributed by atoms with Crippen molar-refractivity contribution in [2.45, 2.75) is 13.0 Å². The van der Waals surface area contributed by atoms with E-state index in [-0.39, 0.29) is 12.4 Å². The van der Waals surface area contributed by atoms with Crippen LogP contribution in [0, 0.1) is 6.92 Å². The van der Waals surface area contributed by atoms with Crippen LogP contribution >= 0.6 is 12.4 Å². The van der Waals surface area contributed by atoms with Gasteiger partial charge in [-0.15, -0.1) is 12.4 Å². The van der Waals surface area contributed by atoms with Crippen LogP contribution in [-0.4, -0.2) is 44.5 Å². The molecule has 0 fully saturated rings. The van der Waals surface area contributed by atoms with Crippen LogP contribution in [0.3, 0.4) is 0 Å². The van der Waals surface area contributed by atoms with Gasteiger partial charge in [-0.2, -0.15) is 0 Å². The van der Waals surface area contributed by atoms with Gasteiger partial charge in [-0.25, -0.2) is 8.42 Å². The first-order chi connectivity index (χ1) is 15.3. The largest absolute Gasteiger partial charge is 0.492 e. The summed E-state index contributed by atoms with van der Waals surface area (Å²) in [6.45, 7) is 3.41. The molecular weight excluding hydrogens is 462 g/mol. The Bertz CT molecular complexity index is 1350. The first kappa shape index (κ1) is 24.9. The number of sulfonamides is 1. The van der Waals surface area contributed by atoms with E-state index < -0.39 is 16.1 Å². The topological polar surface area (TPSA) is 103 Å². The second-order valence-electron chi connectivity index (χ2n) is 7.95. The Balaban J connectivity index is 0.00000306. The van der Waals surface area contributed by atoms with Gasteiger partial charge >= 0.3 is 0 Å². The van der Waals surface area contributed by atoms with Crippen molar-refractivity contribution in [1.82, 2.24) is 10.3 Å². The zero-order chi connectivity index (χ0) is 22.7. The smallest absolute Gasteiger partial charge is 0.229 e. The Labute approximate surface area is 199 Å². The number of anilines is 1. The van der Waals surface area contributed by atoms with Crippen molar-refractivity contribution in [2.24, 2.45) is 0 Å². The number of nitrogens with one attached hydrogen (secondary N) is 3. The fourth-order valence-corrected chi connectivity index (χ4v) is 4.27. The lowest BCUT2D eigenvalue weighted by molar-refractivity contribution is 0.172. The Kier molecular flexibility index (Phi) is 7.86. The highest BCUT2D eigenvalue weighted by molar-refractivity contribution is 7.92. The lowest BCUT2D eigenvalue weighted by atomic mass is 10.1. The first-order valence-electron chi connectivity index (χ1n) is 10.4. The molecule has 0 saturated carbocycles.